The fraction of sp³-hybridized carbons (Fsp3) is 0.579. The van der Waals surface area contributed by atoms with Crippen molar-refractivity contribution in [2.24, 2.45) is 11.8 Å². The van der Waals surface area contributed by atoms with Crippen LogP contribution in [0.5, 0.6) is 0 Å². The van der Waals surface area contributed by atoms with E-state index in [9.17, 15) is 9.59 Å². The number of amides is 2. The summed E-state index contributed by atoms with van der Waals surface area (Å²) in [5, 5.41) is 5.77. The number of benzene rings is 1. The zero-order chi connectivity index (χ0) is 17.4. The summed E-state index contributed by atoms with van der Waals surface area (Å²) in [7, 11) is 0. The third-order valence-corrected chi connectivity index (χ3v) is 3.88. The summed E-state index contributed by atoms with van der Waals surface area (Å²) in [5.74, 6) is 0.261. The fourth-order valence-corrected chi connectivity index (χ4v) is 2.25. The van der Waals surface area contributed by atoms with Crippen LogP contribution in [0.15, 0.2) is 24.3 Å². The molecule has 0 radical (unpaired) electrons. The zero-order valence-electron chi connectivity index (χ0n) is 15.0. The maximum atomic E-state index is 12.4. The van der Waals surface area contributed by atoms with Crippen LogP contribution in [-0.4, -0.2) is 24.4 Å². The van der Waals surface area contributed by atoms with E-state index in [1.165, 1.54) is 5.56 Å². The Bertz CT molecular complexity index is 507. The second-order valence-electron chi connectivity index (χ2n) is 6.72. The van der Waals surface area contributed by atoms with Crippen molar-refractivity contribution in [3.05, 3.63) is 35.4 Å². The number of carbonyl (C=O) groups excluding carboxylic acids is 2. The van der Waals surface area contributed by atoms with Crippen LogP contribution in [-0.2, 0) is 11.2 Å². The van der Waals surface area contributed by atoms with E-state index in [2.05, 4.69) is 31.4 Å². The predicted octanol–water partition coefficient (Wildman–Crippen LogP) is 3.17. The lowest BCUT2D eigenvalue weighted by Gasteiger charge is -2.22. The Morgan fingerprint density at radius 2 is 1.65 bits per heavy atom. The van der Waals surface area contributed by atoms with E-state index >= 15 is 0 Å². The van der Waals surface area contributed by atoms with Crippen LogP contribution >= 0.6 is 0 Å². The molecule has 0 aliphatic heterocycles. The first-order chi connectivity index (χ1) is 10.8. The first kappa shape index (κ1) is 19.2. The van der Waals surface area contributed by atoms with Crippen LogP contribution in [0.2, 0.25) is 0 Å². The largest absolute Gasteiger partial charge is 0.354 e. The topological polar surface area (TPSA) is 58.2 Å². The van der Waals surface area contributed by atoms with Crippen LogP contribution in [0.4, 0.5) is 0 Å². The molecular formula is C19H30N2O2. The van der Waals surface area contributed by atoms with Gasteiger partial charge in [-0.1, -0.05) is 46.8 Å². The molecule has 0 saturated heterocycles. The molecule has 1 atom stereocenters. The summed E-state index contributed by atoms with van der Waals surface area (Å²) >= 11 is 0. The number of hydrogen-bond donors (Lipinski definition) is 2. The van der Waals surface area contributed by atoms with Gasteiger partial charge in [0.25, 0.3) is 5.91 Å². The molecule has 2 amide bonds. The Hall–Kier alpha value is -1.84. The van der Waals surface area contributed by atoms with Gasteiger partial charge < -0.3 is 10.6 Å². The van der Waals surface area contributed by atoms with Gasteiger partial charge in [0.1, 0.15) is 6.04 Å². The highest BCUT2D eigenvalue weighted by molar-refractivity contribution is 5.97. The standard InChI is InChI=1S/C19H30N2O2/c1-6-15-7-9-16(10-8-15)18(22)21-17(14(4)5)19(23)20-12-11-13(2)3/h7-10,13-14,17H,6,11-12H2,1-5H3,(H,20,23)(H,21,22)/t17-/m1/s1. The third kappa shape index (κ3) is 6.43. The maximum absolute atomic E-state index is 12.4. The lowest BCUT2D eigenvalue weighted by atomic mass is 10.0. The summed E-state index contributed by atoms with van der Waals surface area (Å²) in [6.45, 7) is 10.8. The molecular weight excluding hydrogens is 288 g/mol. The molecule has 0 heterocycles. The Morgan fingerprint density at radius 3 is 2.13 bits per heavy atom. The Kier molecular flexibility index (Phi) is 7.79. The lowest BCUT2D eigenvalue weighted by Crippen LogP contribution is -2.50. The Labute approximate surface area is 140 Å². The van der Waals surface area contributed by atoms with Crippen molar-refractivity contribution < 1.29 is 9.59 Å². The van der Waals surface area contributed by atoms with E-state index in [0.717, 1.165) is 12.8 Å². The minimum atomic E-state index is -0.513. The highest BCUT2D eigenvalue weighted by atomic mass is 16.2. The summed E-state index contributed by atoms with van der Waals surface area (Å²) in [6, 6.07) is 6.99. The van der Waals surface area contributed by atoms with Crippen molar-refractivity contribution in [1.82, 2.24) is 10.6 Å². The first-order valence-corrected chi connectivity index (χ1v) is 8.52. The molecule has 2 N–H and O–H groups in total. The third-order valence-electron chi connectivity index (χ3n) is 3.88. The van der Waals surface area contributed by atoms with Crippen molar-refractivity contribution in [3.8, 4) is 0 Å². The van der Waals surface area contributed by atoms with E-state index < -0.39 is 6.04 Å². The molecule has 4 nitrogen and oxygen atoms in total. The number of rotatable bonds is 8. The average molecular weight is 318 g/mol. The zero-order valence-corrected chi connectivity index (χ0v) is 15.0. The monoisotopic (exact) mass is 318 g/mol. The smallest absolute Gasteiger partial charge is 0.251 e. The van der Waals surface area contributed by atoms with E-state index in [4.69, 9.17) is 0 Å². The van der Waals surface area contributed by atoms with E-state index in [1.807, 2.05) is 38.1 Å². The van der Waals surface area contributed by atoms with Gasteiger partial charge in [0.05, 0.1) is 0 Å². The van der Waals surface area contributed by atoms with Gasteiger partial charge in [0.2, 0.25) is 5.91 Å². The second kappa shape index (κ2) is 9.33. The molecule has 23 heavy (non-hydrogen) atoms. The highest BCUT2D eigenvalue weighted by Gasteiger charge is 2.24. The summed E-state index contributed by atoms with van der Waals surface area (Å²) in [6.07, 6.45) is 1.87. The van der Waals surface area contributed by atoms with Crippen molar-refractivity contribution in [1.29, 1.82) is 0 Å². The normalized spacial score (nSPS) is 12.3. The van der Waals surface area contributed by atoms with Crippen molar-refractivity contribution in [2.75, 3.05) is 6.54 Å². The Balaban J connectivity index is 2.66. The van der Waals surface area contributed by atoms with Crippen molar-refractivity contribution >= 4 is 11.8 Å². The highest BCUT2D eigenvalue weighted by Crippen LogP contribution is 2.08. The fourth-order valence-electron chi connectivity index (χ4n) is 2.25. The number of aryl methyl sites for hydroxylation is 1. The lowest BCUT2D eigenvalue weighted by molar-refractivity contribution is -0.123. The van der Waals surface area contributed by atoms with Gasteiger partial charge in [-0.15, -0.1) is 0 Å². The number of hydrogen-bond acceptors (Lipinski definition) is 2. The molecule has 0 aliphatic carbocycles. The van der Waals surface area contributed by atoms with Crippen molar-refractivity contribution in [2.45, 2.75) is 53.5 Å². The molecule has 128 valence electrons. The molecule has 0 fully saturated rings. The second-order valence-corrected chi connectivity index (χ2v) is 6.72. The van der Waals surface area contributed by atoms with Crippen LogP contribution in [0.3, 0.4) is 0 Å². The van der Waals surface area contributed by atoms with E-state index in [1.54, 1.807) is 0 Å². The molecule has 1 rings (SSSR count). The Morgan fingerprint density at radius 1 is 1.04 bits per heavy atom. The first-order valence-electron chi connectivity index (χ1n) is 8.52. The SMILES string of the molecule is CCc1ccc(C(=O)N[C@@H](C(=O)NCCC(C)C)C(C)C)cc1. The molecule has 4 heteroatoms. The summed E-state index contributed by atoms with van der Waals surface area (Å²) < 4.78 is 0. The quantitative estimate of drug-likeness (QED) is 0.773. The molecule has 0 aromatic heterocycles. The molecule has 0 spiro atoms. The van der Waals surface area contributed by atoms with Gasteiger partial charge >= 0.3 is 0 Å². The van der Waals surface area contributed by atoms with Gasteiger partial charge in [-0.05, 0) is 42.4 Å². The number of nitrogens with one attached hydrogen (secondary N) is 2. The molecule has 0 aliphatic rings. The van der Waals surface area contributed by atoms with Crippen LogP contribution in [0, 0.1) is 11.8 Å². The molecule has 0 unspecified atom stereocenters. The maximum Gasteiger partial charge on any atom is 0.251 e. The minimum Gasteiger partial charge on any atom is -0.354 e. The molecule has 1 aromatic rings. The summed E-state index contributed by atoms with van der Waals surface area (Å²) in [5.41, 5.74) is 1.77. The van der Waals surface area contributed by atoms with Gasteiger partial charge in [0, 0.05) is 12.1 Å². The molecule has 0 saturated carbocycles. The average Bonchev–Trinajstić information content (AvgIpc) is 2.51. The van der Waals surface area contributed by atoms with E-state index in [0.29, 0.717) is 18.0 Å². The predicted molar refractivity (Wildman–Crippen MR) is 94.4 cm³/mol. The molecule has 0 bridgehead atoms. The number of carbonyl (C=O) groups is 2. The summed E-state index contributed by atoms with van der Waals surface area (Å²) in [4.78, 5) is 24.7. The van der Waals surface area contributed by atoms with Crippen LogP contribution in [0.25, 0.3) is 0 Å². The van der Waals surface area contributed by atoms with Gasteiger partial charge in [-0.3, -0.25) is 9.59 Å². The van der Waals surface area contributed by atoms with Gasteiger partial charge in [-0.2, -0.15) is 0 Å². The minimum absolute atomic E-state index is 0.0351. The van der Waals surface area contributed by atoms with E-state index in [-0.39, 0.29) is 17.7 Å². The van der Waals surface area contributed by atoms with Crippen LogP contribution < -0.4 is 10.6 Å². The van der Waals surface area contributed by atoms with Gasteiger partial charge in [0.15, 0.2) is 0 Å². The van der Waals surface area contributed by atoms with Crippen molar-refractivity contribution in [3.63, 3.8) is 0 Å². The molecule has 1 aromatic carbocycles. The van der Waals surface area contributed by atoms with Gasteiger partial charge in [-0.25, -0.2) is 0 Å². The van der Waals surface area contributed by atoms with Crippen LogP contribution in [0.1, 0.15) is 57.0 Å².